The lowest BCUT2D eigenvalue weighted by Gasteiger charge is -2.06. The second-order valence-corrected chi connectivity index (χ2v) is 4.41. The first kappa shape index (κ1) is 12.4. The van der Waals surface area contributed by atoms with Crippen molar-refractivity contribution in [3.63, 3.8) is 0 Å². The standard InChI is InChI=1S/C9H9Cl2N3S/c1-2-4-15-5-3-12-7-6-8(10)13-14-9(7)11/h1,6H,3-5H2,(H,12,13). The molecule has 1 heterocycles. The van der Waals surface area contributed by atoms with E-state index in [1.807, 2.05) is 0 Å². The fraction of sp³-hybridized carbons (Fsp3) is 0.333. The quantitative estimate of drug-likeness (QED) is 0.653. The van der Waals surface area contributed by atoms with E-state index in [0.29, 0.717) is 21.7 Å². The van der Waals surface area contributed by atoms with Crippen molar-refractivity contribution in [2.24, 2.45) is 0 Å². The van der Waals surface area contributed by atoms with Crippen LogP contribution in [-0.4, -0.2) is 28.2 Å². The SMILES string of the molecule is C#CCSCCNc1cc(Cl)nnc1Cl. The van der Waals surface area contributed by atoms with Gasteiger partial charge in [0.2, 0.25) is 0 Å². The summed E-state index contributed by atoms with van der Waals surface area (Å²) in [4.78, 5) is 0. The van der Waals surface area contributed by atoms with Gasteiger partial charge in [0.15, 0.2) is 10.3 Å². The highest BCUT2D eigenvalue weighted by Crippen LogP contribution is 2.20. The summed E-state index contributed by atoms with van der Waals surface area (Å²) < 4.78 is 0. The van der Waals surface area contributed by atoms with Crippen molar-refractivity contribution in [3.8, 4) is 12.3 Å². The van der Waals surface area contributed by atoms with Crippen LogP contribution in [0.2, 0.25) is 10.3 Å². The third-order valence-electron chi connectivity index (χ3n) is 1.47. The maximum absolute atomic E-state index is 5.80. The number of thioether (sulfide) groups is 1. The van der Waals surface area contributed by atoms with E-state index < -0.39 is 0 Å². The average molecular weight is 262 g/mol. The number of rotatable bonds is 5. The molecule has 0 spiro atoms. The van der Waals surface area contributed by atoms with Crippen molar-refractivity contribution in [2.75, 3.05) is 23.4 Å². The molecule has 3 nitrogen and oxygen atoms in total. The highest BCUT2D eigenvalue weighted by Gasteiger charge is 2.02. The molecule has 1 N–H and O–H groups in total. The first-order chi connectivity index (χ1) is 7.24. The molecule has 1 aromatic rings. The molecule has 0 aromatic carbocycles. The highest BCUT2D eigenvalue weighted by atomic mass is 35.5. The van der Waals surface area contributed by atoms with Gasteiger partial charge in [-0.2, -0.15) is 0 Å². The number of hydrogen-bond acceptors (Lipinski definition) is 4. The monoisotopic (exact) mass is 261 g/mol. The number of halogens is 2. The molecule has 15 heavy (non-hydrogen) atoms. The number of terminal acetylenes is 1. The smallest absolute Gasteiger partial charge is 0.174 e. The Morgan fingerprint density at radius 2 is 2.27 bits per heavy atom. The number of nitrogens with one attached hydrogen (secondary N) is 1. The Bertz CT molecular complexity index is 365. The molecule has 0 aliphatic rings. The Morgan fingerprint density at radius 3 is 3.00 bits per heavy atom. The summed E-state index contributed by atoms with van der Waals surface area (Å²) in [6.45, 7) is 0.758. The van der Waals surface area contributed by atoms with E-state index in [2.05, 4.69) is 21.4 Å². The van der Waals surface area contributed by atoms with Crippen LogP contribution in [0.25, 0.3) is 0 Å². The van der Waals surface area contributed by atoms with Gasteiger partial charge in [0, 0.05) is 18.4 Å². The summed E-state index contributed by atoms with van der Waals surface area (Å²) in [7, 11) is 0. The normalized spacial score (nSPS) is 9.67. The molecule has 0 saturated carbocycles. The third-order valence-corrected chi connectivity index (χ3v) is 2.79. The van der Waals surface area contributed by atoms with Gasteiger partial charge in [-0.3, -0.25) is 0 Å². The Kier molecular flexibility index (Phi) is 5.62. The zero-order chi connectivity index (χ0) is 11.1. The fourth-order valence-corrected chi connectivity index (χ4v) is 1.68. The molecule has 1 aromatic heterocycles. The lowest BCUT2D eigenvalue weighted by molar-refractivity contribution is 1.03. The fourth-order valence-electron chi connectivity index (χ4n) is 0.866. The van der Waals surface area contributed by atoms with Crippen molar-refractivity contribution < 1.29 is 0 Å². The molecule has 0 unspecified atom stereocenters. The van der Waals surface area contributed by atoms with E-state index >= 15 is 0 Å². The second-order valence-electron chi connectivity index (χ2n) is 2.56. The first-order valence-corrected chi connectivity index (χ1v) is 6.09. The largest absolute Gasteiger partial charge is 0.382 e. The summed E-state index contributed by atoms with van der Waals surface area (Å²) in [5, 5.41) is 11.0. The molecular weight excluding hydrogens is 253 g/mol. The lowest BCUT2D eigenvalue weighted by Crippen LogP contribution is -2.05. The molecule has 1 rings (SSSR count). The van der Waals surface area contributed by atoms with Crippen LogP contribution in [0.4, 0.5) is 5.69 Å². The molecule has 0 aliphatic carbocycles. The van der Waals surface area contributed by atoms with Gasteiger partial charge in [0.25, 0.3) is 0 Å². The van der Waals surface area contributed by atoms with Crippen LogP contribution in [0.3, 0.4) is 0 Å². The van der Waals surface area contributed by atoms with Crippen LogP contribution in [0.15, 0.2) is 6.07 Å². The van der Waals surface area contributed by atoms with Gasteiger partial charge in [-0.15, -0.1) is 28.4 Å². The summed E-state index contributed by atoms with van der Waals surface area (Å²) in [5.41, 5.74) is 0.693. The van der Waals surface area contributed by atoms with Crippen molar-refractivity contribution in [1.82, 2.24) is 10.2 Å². The molecule has 6 heteroatoms. The lowest BCUT2D eigenvalue weighted by atomic mass is 10.4. The van der Waals surface area contributed by atoms with E-state index in [4.69, 9.17) is 29.6 Å². The third kappa shape index (κ3) is 4.61. The van der Waals surface area contributed by atoms with Gasteiger partial charge < -0.3 is 5.32 Å². The van der Waals surface area contributed by atoms with Crippen LogP contribution >= 0.6 is 35.0 Å². The van der Waals surface area contributed by atoms with Crippen LogP contribution in [0.1, 0.15) is 0 Å². The summed E-state index contributed by atoms with van der Waals surface area (Å²) in [5.74, 6) is 4.17. The highest BCUT2D eigenvalue weighted by molar-refractivity contribution is 7.99. The van der Waals surface area contributed by atoms with Crippen LogP contribution in [0.5, 0.6) is 0 Å². The summed E-state index contributed by atoms with van der Waals surface area (Å²) in [6, 6.07) is 1.64. The average Bonchev–Trinajstić information content (AvgIpc) is 2.23. The number of anilines is 1. The molecular formula is C9H9Cl2N3S. The topological polar surface area (TPSA) is 37.8 Å². The van der Waals surface area contributed by atoms with Crippen molar-refractivity contribution in [3.05, 3.63) is 16.4 Å². The van der Waals surface area contributed by atoms with E-state index in [9.17, 15) is 0 Å². The molecule has 0 radical (unpaired) electrons. The molecule has 80 valence electrons. The minimum Gasteiger partial charge on any atom is -0.382 e. The minimum absolute atomic E-state index is 0.318. The van der Waals surface area contributed by atoms with E-state index in [1.165, 1.54) is 0 Å². The minimum atomic E-state index is 0.318. The molecule has 0 fully saturated rings. The van der Waals surface area contributed by atoms with Gasteiger partial charge in [0.1, 0.15) is 0 Å². The molecule has 0 amide bonds. The molecule has 0 atom stereocenters. The van der Waals surface area contributed by atoms with E-state index in [1.54, 1.807) is 17.8 Å². The van der Waals surface area contributed by atoms with Crippen molar-refractivity contribution in [2.45, 2.75) is 0 Å². The van der Waals surface area contributed by atoms with Crippen molar-refractivity contribution in [1.29, 1.82) is 0 Å². The summed E-state index contributed by atoms with van der Waals surface area (Å²) >= 11 is 13.1. The van der Waals surface area contributed by atoms with Crippen LogP contribution in [-0.2, 0) is 0 Å². The van der Waals surface area contributed by atoms with Gasteiger partial charge in [-0.25, -0.2) is 0 Å². The van der Waals surface area contributed by atoms with Gasteiger partial charge >= 0.3 is 0 Å². The number of aromatic nitrogens is 2. The Balaban J connectivity index is 2.37. The molecule has 0 saturated heterocycles. The number of hydrogen-bond donors (Lipinski definition) is 1. The Hall–Kier alpha value is -0.630. The Morgan fingerprint density at radius 1 is 1.47 bits per heavy atom. The van der Waals surface area contributed by atoms with E-state index in [-0.39, 0.29) is 0 Å². The van der Waals surface area contributed by atoms with Crippen LogP contribution in [0, 0.1) is 12.3 Å². The molecule has 0 aliphatic heterocycles. The van der Waals surface area contributed by atoms with Gasteiger partial charge in [0.05, 0.1) is 11.4 Å². The predicted octanol–water partition coefficient (Wildman–Crippen LogP) is 2.56. The van der Waals surface area contributed by atoms with Gasteiger partial charge in [-0.05, 0) is 0 Å². The van der Waals surface area contributed by atoms with Crippen molar-refractivity contribution >= 4 is 40.7 Å². The predicted molar refractivity (Wildman–Crippen MR) is 66.7 cm³/mol. The zero-order valence-corrected chi connectivity index (χ0v) is 10.2. The maximum atomic E-state index is 5.80. The first-order valence-electron chi connectivity index (χ1n) is 4.18. The zero-order valence-electron chi connectivity index (χ0n) is 7.83. The molecule has 0 bridgehead atoms. The number of nitrogens with zero attached hydrogens (tertiary/aromatic N) is 2. The Labute approximate surface area is 103 Å². The second kappa shape index (κ2) is 6.78. The van der Waals surface area contributed by atoms with Gasteiger partial charge in [-0.1, -0.05) is 29.1 Å². The summed E-state index contributed by atoms with van der Waals surface area (Å²) in [6.07, 6.45) is 5.12. The maximum Gasteiger partial charge on any atom is 0.174 e. The van der Waals surface area contributed by atoms with Crippen LogP contribution < -0.4 is 5.32 Å². The van der Waals surface area contributed by atoms with E-state index in [0.717, 1.165) is 12.3 Å².